The van der Waals surface area contributed by atoms with Crippen molar-refractivity contribution in [2.24, 2.45) is 15.9 Å². The second-order valence-electron chi connectivity index (χ2n) is 13.5. The largest absolute Gasteiger partial charge is 0.375 e. The summed E-state index contributed by atoms with van der Waals surface area (Å²) < 4.78 is 0. The summed E-state index contributed by atoms with van der Waals surface area (Å²) in [7, 11) is 0. The van der Waals surface area contributed by atoms with Crippen LogP contribution in [0.4, 0.5) is 0 Å². The predicted octanol–water partition coefficient (Wildman–Crippen LogP) is 8.90. The average molecular weight is 567 g/mol. The van der Waals surface area contributed by atoms with Crippen molar-refractivity contribution in [3.63, 3.8) is 0 Å². The quantitative estimate of drug-likeness (QED) is 0.315. The van der Waals surface area contributed by atoms with E-state index >= 15 is 0 Å². The lowest BCUT2D eigenvalue weighted by molar-refractivity contribution is 0.0990. The van der Waals surface area contributed by atoms with Gasteiger partial charge in [-0.25, -0.2) is 4.99 Å². The SMILES string of the molecule is C=C(C)N1CCC(N2CCC(c3ccc(C)c(/C(=C(CCC)/C4=C/CCC5N=CN=C5/C(C)=C\4)C(C)C)c3)CC2)CC1. The second kappa shape index (κ2) is 13.7. The second-order valence-corrected chi connectivity index (χ2v) is 13.5. The first-order chi connectivity index (χ1) is 20.3. The van der Waals surface area contributed by atoms with E-state index < -0.39 is 0 Å². The van der Waals surface area contributed by atoms with Crippen molar-refractivity contribution in [3.8, 4) is 0 Å². The highest BCUT2D eigenvalue weighted by Gasteiger charge is 2.29. The van der Waals surface area contributed by atoms with Crippen LogP contribution in [0.5, 0.6) is 0 Å². The van der Waals surface area contributed by atoms with Crippen molar-refractivity contribution < 1.29 is 0 Å². The van der Waals surface area contributed by atoms with Gasteiger partial charge in [0.05, 0.1) is 11.8 Å². The number of nitrogens with zero attached hydrogens (tertiary/aromatic N) is 4. The van der Waals surface area contributed by atoms with Gasteiger partial charge in [-0.1, -0.05) is 64.1 Å². The third-order valence-electron chi connectivity index (χ3n) is 10.2. The summed E-state index contributed by atoms with van der Waals surface area (Å²) >= 11 is 0. The van der Waals surface area contributed by atoms with E-state index in [0.29, 0.717) is 11.8 Å². The molecule has 42 heavy (non-hydrogen) atoms. The number of likely N-dealkylation sites (tertiary alicyclic amines) is 2. The summed E-state index contributed by atoms with van der Waals surface area (Å²) in [5.74, 6) is 1.10. The molecule has 2 saturated heterocycles. The molecule has 1 aromatic rings. The van der Waals surface area contributed by atoms with Gasteiger partial charge in [-0.15, -0.1) is 0 Å². The summed E-state index contributed by atoms with van der Waals surface area (Å²) in [6.45, 7) is 22.7. The van der Waals surface area contributed by atoms with Crippen LogP contribution in [-0.2, 0) is 0 Å². The predicted molar refractivity (Wildman–Crippen MR) is 182 cm³/mol. The first-order valence-electron chi connectivity index (χ1n) is 16.7. The monoisotopic (exact) mass is 566 g/mol. The molecule has 1 atom stereocenters. The normalized spacial score (nSPS) is 25.6. The lowest BCUT2D eigenvalue weighted by atomic mass is 9.80. The smallest absolute Gasteiger partial charge is 0.111 e. The zero-order valence-corrected chi connectivity index (χ0v) is 27.3. The van der Waals surface area contributed by atoms with E-state index in [4.69, 9.17) is 0 Å². The van der Waals surface area contributed by atoms with Gasteiger partial charge in [0.15, 0.2) is 0 Å². The van der Waals surface area contributed by atoms with Crippen molar-refractivity contribution in [2.45, 2.75) is 111 Å². The number of aryl methyl sites for hydroxylation is 1. The summed E-state index contributed by atoms with van der Waals surface area (Å²) in [5.41, 5.74) is 12.5. The molecule has 4 nitrogen and oxygen atoms in total. The van der Waals surface area contributed by atoms with Gasteiger partial charge in [0.1, 0.15) is 6.34 Å². The summed E-state index contributed by atoms with van der Waals surface area (Å²) in [4.78, 5) is 14.5. The Morgan fingerprint density at radius 2 is 1.76 bits per heavy atom. The number of allylic oxidation sites excluding steroid dienone is 6. The maximum atomic E-state index is 4.65. The van der Waals surface area contributed by atoms with E-state index in [9.17, 15) is 0 Å². The minimum atomic E-state index is 0.233. The Hall–Kier alpha value is -2.72. The van der Waals surface area contributed by atoms with Crippen LogP contribution in [0.3, 0.4) is 0 Å². The van der Waals surface area contributed by atoms with Gasteiger partial charge < -0.3 is 9.80 Å². The lowest BCUT2D eigenvalue weighted by Gasteiger charge is -2.42. The van der Waals surface area contributed by atoms with Gasteiger partial charge in [-0.05, 0) is 130 Å². The number of fused-ring (bicyclic) bond motifs is 1. The molecular weight excluding hydrogens is 512 g/mol. The fraction of sp³-hybridized carbons (Fsp3) is 0.579. The molecule has 4 heteroatoms. The standard InChI is InChI=1S/C38H54N4/c1-8-10-34(32-11-9-12-36-38(29(7)23-32)40-25-39-36)37(26(2)3)35-24-31(14-13-28(35)6)30-15-19-42(20-16-30)33-17-21-41(22-18-33)27(4)5/h11,13-14,23-26,30,33,36H,4,8-10,12,15-22H2,1-3,5-7H3/b29-23-,32-11+,37-34+. The molecule has 0 bridgehead atoms. The molecular formula is C38H54N4. The number of hydrogen-bond acceptors (Lipinski definition) is 4. The van der Waals surface area contributed by atoms with E-state index in [2.05, 4.69) is 98.3 Å². The molecule has 2 fully saturated rings. The van der Waals surface area contributed by atoms with Crippen LogP contribution in [0.2, 0.25) is 0 Å². The first-order valence-corrected chi connectivity index (χ1v) is 16.7. The fourth-order valence-electron chi connectivity index (χ4n) is 7.78. The number of rotatable bonds is 8. The van der Waals surface area contributed by atoms with Crippen molar-refractivity contribution in [1.29, 1.82) is 0 Å². The fourth-order valence-corrected chi connectivity index (χ4v) is 7.78. The van der Waals surface area contributed by atoms with Crippen LogP contribution in [0.25, 0.3) is 5.57 Å². The van der Waals surface area contributed by atoms with Gasteiger partial charge in [0.25, 0.3) is 0 Å². The van der Waals surface area contributed by atoms with Crippen LogP contribution in [0, 0.1) is 12.8 Å². The van der Waals surface area contributed by atoms with Crippen LogP contribution in [0.1, 0.15) is 109 Å². The number of piperidine rings is 2. The summed E-state index contributed by atoms with van der Waals surface area (Å²) in [6, 6.07) is 8.39. The van der Waals surface area contributed by atoms with E-state index in [1.165, 1.54) is 91.0 Å². The van der Waals surface area contributed by atoms with Gasteiger partial charge in [0, 0.05) is 24.8 Å². The molecule has 5 rings (SSSR count). The minimum absolute atomic E-state index is 0.233. The highest BCUT2D eigenvalue weighted by atomic mass is 15.2. The molecule has 1 aromatic carbocycles. The summed E-state index contributed by atoms with van der Waals surface area (Å²) in [6.07, 6.45) is 16.1. The molecule has 0 amide bonds. The molecule has 226 valence electrons. The van der Waals surface area contributed by atoms with Crippen molar-refractivity contribution in [3.05, 3.63) is 76.0 Å². The minimum Gasteiger partial charge on any atom is -0.375 e. The third kappa shape index (κ3) is 6.75. The molecule has 0 spiro atoms. The van der Waals surface area contributed by atoms with E-state index in [1.807, 2.05) is 0 Å². The van der Waals surface area contributed by atoms with Crippen LogP contribution >= 0.6 is 0 Å². The van der Waals surface area contributed by atoms with Gasteiger partial charge >= 0.3 is 0 Å². The molecule has 3 aliphatic heterocycles. The Balaban J connectivity index is 1.39. The number of aliphatic imine (C=N–C) groups is 2. The van der Waals surface area contributed by atoms with Crippen LogP contribution in [-0.4, -0.2) is 60.1 Å². The number of hydrogen-bond donors (Lipinski definition) is 0. The molecule has 0 aromatic heterocycles. The maximum Gasteiger partial charge on any atom is 0.111 e. The van der Waals surface area contributed by atoms with Crippen molar-refractivity contribution in [1.82, 2.24) is 9.80 Å². The molecule has 0 saturated carbocycles. The Kier molecular flexibility index (Phi) is 10.0. The zero-order valence-electron chi connectivity index (χ0n) is 27.3. The Morgan fingerprint density at radius 1 is 1.02 bits per heavy atom. The molecule has 0 N–H and O–H groups in total. The Bertz CT molecular complexity index is 1290. The topological polar surface area (TPSA) is 31.2 Å². The van der Waals surface area contributed by atoms with Gasteiger partial charge in [-0.3, -0.25) is 4.99 Å². The summed E-state index contributed by atoms with van der Waals surface area (Å²) in [5, 5.41) is 0. The maximum absolute atomic E-state index is 4.65. The average Bonchev–Trinajstić information content (AvgIpc) is 3.44. The zero-order chi connectivity index (χ0) is 29.8. The van der Waals surface area contributed by atoms with E-state index in [-0.39, 0.29) is 6.04 Å². The molecule has 0 radical (unpaired) electrons. The van der Waals surface area contributed by atoms with Gasteiger partial charge in [-0.2, -0.15) is 0 Å². The highest BCUT2D eigenvalue weighted by Crippen LogP contribution is 2.39. The van der Waals surface area contributed by atoms with Crippen molar-refractivity contribution >= 4 is 17.6 Å². The van der Waals surface area contributed by atoms with E-state index in [0.717, 1.165) is 37.4 Å². The molecule has 3 heterocycles. The number of benzene rings is 1. The van der Waals surface area contributed by atoms with Gasteiger partial charge in [0.2, 0.25) is 0 Å². The molecule has 4 aliphatic rings. The lowest BCUT2D eigenvalue weighted by Crippen LogP contribution is -2.47. The molecule has 1 aliphatic carbocycles. The van der Waals surface area contributed by atoms with Crippen LogP contribution < -0.4 is 0 Å². The van der Waals surface area contributed by atoms with Crippen LogP contribution in [0.15, 0.2) is 69.3 Å². The third-order valence-corrected chi connectivity index (χ3v) is 10.2. The van der Waals surface area contributed by atoms with Crippen molar-refractivity contribution in [2.75, 3.05) is 26.2 Å². The van der Waals surface area contributed by atoms with E-state index in [1.54, 1.807) is 11.9 Å². The molecule has 1 unspecified atom stereocenters. The highest BCUT2D eigenvalue weighted by molar-refractivity contribution is 6.10. The Labute approximate surface area is 256 Å². The first kappa shape index (κ1) is 30.7. The Morgan fingerprint density at radius 3 is 2.43 bits per heavy atom.